The zero-order chi connectivity index (χ0) is 21.3. The average molecular weight is 485 g/mol. The molecule has 1 aliphatic rings. The highest BCUT2D eigenvalue weighted by molar-refractivity contribution is 5.97. The molecule has 0 aromatic heterocycles. The molecule has 7 nitrogen and oxygen atoms in total. The molecule has 2 aromatic carbocycles. The van der Waals surface area contributed by atoms with Crippen LogP contribution in [0.1, 0.15) is 23.2 Å². The van der Waals surface area contributed by atoms with Crippen LogP contribution in [-0.2, 0) is 4.79 Å². The van der Waals surface area contributed by atoms with Crippen molar-refractivity contribution in [2.75, 3.05) is 51.3 Å². The standard InChI is InChI=1S/C23H28N2O5.2ClH/c1-29-20-8-4-19(5-9-20)25-14-12-24(13-15-25)16-17-30-21-6-2-18(3-7-21)22(26)10-11-23(27)28;;/h2-9H,10-17H2,1H3,(H,27,28);2*1H. The second-order valence-corrected chi connectivity index (χ2v) is 7.22. The Hall–Kier alpha value is -2.48. The summed E-state index contributed by atoms with van der Waals surface area (Å²) in [7, 11) is 1.67. The zero-order valence-corrected chi connectivity index (χ0v) is 19.7. The summed E-state index contributed by atoms with van der Waals surface area (Å²) in [5.74, 6) is 0.445. The number of rotatable bonds is 10. The fraction of sp³-hybridized carbons (Fsp3) is 0.391. The molecule has 1 aliphatic heterocycles. The molecule has 176 valence electrons. The van der Waals surface area contributed by atoms with Crippen LogP contribution in [0.25, 0.3) is 0 Å². The molecule has 0 atom stereocenters. The first-order chi connectivity index (χ1) is 14.5. The SMILES string of the molecule is COc1ccc(N2CCN(CCOc3ccc(C(=O)CCC(=O)O)cc3)CC2)cc1.Cl.Cl. The predicted molar refractivity (Wildman–Crippen MR) is 129 cm³/mol. The van der Waals surface area contributed by atoms with Crippen LogP contribution in [0.4, 0.5) is 5.69 Å². The smallest absolute Gasteiger partial charge is 0.303 e. The molecule has 0 spiro atoms. The van der Waals surface area contributed by atoms with E-state index in [0.717, 1.165) is 38.5 Å². The Labute approximate surface area is 201 Å². The van der Waals surface area contributed by atoms with Crippen LogP contribution < -0.4 is 14.4 Å². The van der Waals surface area contributed by atoms with Crippen molar-refractivity contribution in [2.24, 2.45) is 0 Å². The van der Waals surface area contributed by atoms with Gasteiger partial charge in [-0.1, -0.05) is 0 Å². The minimum absolute atomic E-state index is 0. The summed E-state index contributed by atoms with van der Waals surface area (Å²) in [5.41, 5.74) is 1.72. The number of anilines is 1. The van der Waals surface area contributed by atoms with Crippen molar-refractivity contribution in [2.45, 2.75) is 12.8 Å². The molecule has 0 radical (unpaired) electrons. The Morgan fingerprint density at radius 2 is 1.47 bits per heavy atom. The molecule has 1 N–H and O–H groups in total. The van der Waals surface area contributed by atoms with Crippen molar-refractivity contribution in [3.05, 3.63) is 54.1 Å². The number of carbonyl (C=O) groups is 2. The van der Waals surface area contributed by atoms with Gasteiger partial charge in [-0.15, -0.1) is 24.8 Å². The van der Waals surface area contributed by atoms with Gasteiger partial charge in [-0.25, -0.2) is 0 Å². The maximum Gasteiger partial charge on any atom is 0.303 e. The molecule has 0 unspecified atom stereocenters. The number of hydrogen-bond acceptors (Lipinski definition) is 6. The van der Waals surface area contributed by atoms with Crippen LogP contribution in [0.2, 0.25) is 0 Å². The number of methoxy groups -OCH3 is 1. The van der Waals surface area contributed by atoms with E-state index in [2.05, 4.69) is 21.9 Å². The van der Waals surface area contributed by atoms with Crippen LogP contribution in [0.3, 0.4) is 0 Å². The lowest BCUT2D eigenvalue weighted by atomic mass is 10.1. The summed E-state index contributed by atoms with van der Waals surface area (Å²) in [5, 5.41) is 8.67. The third-order valence-corrected chi connectivity index (χ3v) is 5.23. The highest BCUT2D eigenvalue weighted by Crippen LogP contribution is 2.20. The van der Waals surface area contributed by atoms with E-state index in [-0.39, 0.29) is 43.4 Å². The number of ketones is 1. The van der Waals surface area contributed by atoms with Gasteiger partial charge in [-0.2, -0.15) is 0 Å². The molecule has 1 heterocycles. The van der Waals surface area contributed by atoms with Crippen LogP contribution >= 0.6 is 24.8 Å². The summed E-state index contributed by atoms with van der Waals surface area (Å²) >= 11 is 0. The molecule has 0 bridgehead atoms. The number of Topliss-reactive ketones (excluding diaryl/α,β-unsaturated/α-hetero) is 1. The monoisotopic (exact) mass is 484 g/mol. The highest BCUT2D eigenvalue weighted by Gasteiger charge is 2.17. The second-order valence-electron chi connectivity index (χ2n) is 7.22. The molecular weight excluding hydrogens is 455 g/mol. The summed E-state index contributed by atoms with van der Waals surface area (Å²) in [6.07, 6.45) is -0.138. The first-order valence-corrected chi connectivity index (χ1v) is 10.1. The predicted octanol–water partition coefficient (Wildman–Crippen LogP) is 3.79. The van der Waals surface area contributed by atoms with Crippen LogP contribution in [-0.4, -0.2) is 68.2 Å². The molecule has 0 amide bonds. The van der Waals surface area contributed by atoms with E-state index >= 15 is 0 Å². The van der Waals surface area contributed by atoms with Crippen molar-refractivity contribution in [1.82, 2.24) is 4.90 Å². The number of piperazine rings is 1. The summed E-state index contributed by atoms with van der Waals surface area (Å²) in [4.78, 5) is 27.2. The van der Waals surface area contributed by atoms with Gasteiger partial charge in [0.05, 0.1) is 13.5 Å². The van der Waals surface area contributed by atoms with Gasteiger partial charge in [-0.05, 0) is 48.5 Å². The van der Waals surface area contributed by atoms with Gasteiger partial charge in [0.2, 0.25) is 0 Å². The second kappa shape index (κ2) is 13.8. The minimum Gasteiger partial charge on any atom is -0.497 e. The van der Waals surface area contributed by atoms with E-state index in [1.807, 2.05) is 12.1 Å². The molecule has 3 rings (SSSR count). The minimum atomic E-state index is -0.965. The number of carboxylic acid groups (broad SMARTS) is 1. The van der Waals surface area contributed by atoms with Crippen molar-refractivity contribution < 1.29 is 24.2 Å². The molecule has 1 saturated heterocycles. The van der Waals surface area contributed by atoms with Gasteiger partial charge in [0.15, 0.2) is 5.78 Å². The third kappa shape index (κ3) is 8.22. The van der Waals surface area contributed by atoms with Crippen molar-refractivity contribution in [3.63, 3.8) is 0 Å². The molecule has 0 saturated carbocycles. The van der Waals surface area contributed by atoms with Gasteiger partial charge in [0.25, 0.3) is 0 Å². The number of aliphatic carboxylic acids is 1. The van der Waals surface area contributed by atoms with Crippen LogP contribution in [0, 0.1) is 0 Å². The molecule has 9 heteroatoms. The van der Waals surface area contributed by atoms with Crippen molar-refractivity contribution >= 4 is 42.3 Å². The van der Waals surface area contributed by atoms with E-state index in [9.17, 15) is 9.59 Å². The van der Waals surface area contributed by atoms with E-state index in [0.29, 0.717) is 17.9 Å². The number of carbonyl (C=O) groups excluding carboxylic acids is 1. The van der Waals surface area contributed by atoms with Crippen molar-refractivity contribution in [3.8, 4) is 11.5 Å². The largest absolute Gasteiger partial charge is 0.497 e. The molecule has 2 aromatic rings. The topological polar surface area (TPSA) is 79.3 Å². The molecular formula is C23H30Cl2N2O5. The summed E-state index contributed by atoms with van der Waals surface area (Å²) in [6, 6.07) is 15.0. The summed E-state index contributed by atoms with van der Waals surface area (Å²) in [6.45, 7) is 5.32. The summed E-state index contributed by atoms with van der Waals surface area (Å²) < 4.78 is 11.0. The maximum atomic E-state index is 11.9. The first kappa shape index (κ1) is 27.6. The molecule has 0 aliphatic carbocycles. The maximum absolute atomic E-state index is 11.9. The molecule has 32 heavy (non-hydrogen) atoms. The normalized spacial score (nSPS) is 13.5. The van der Waals surface area contributed by atoms with E-state index < -0.39 is 5.97 Å². The number of hydrogen-bond donors (Lipinski definition) is 1. The Morgan fingerprint density at radius 1 is 0.875 bits per heavy atom. The third-order valence-electron chi connectivity index (χ3n) is 5.23. The van der Waals surface area contributed by atoms with Crippen LogP contribution in [0.15, 0.2) is 48.5 Å². The van der Waals surface area contributed by atoms with E-state index in [1.165, 1.54) is 5.69 Å². The van der Waals surface area contributed by atoms with Gasteiger partial charge in [0.1, 0.15) is 18.1 Å². The highest BCUT2D eigenvalue weighted by atomic mass is 35.5. The first-order valence-electron chi connectivity index (χ1n) is 10.1. The van der Waals surface area contributed by atoms with Gasteiger partial charge in [0, 0.05) is 50.4 Å². The fourth-order valence-corrected chi connectivity index (χ4v) is 3.42. The van der Waals surface area contributed by atoms with Gasteiger partial charge < -0.3 is 19.5 Å². The number of benzene rings is 2. The van der Waals surface area contributed by atoms with Gasteiger partial charge in [-0.3, -0.25) is 14.5 Å². The number of carboxylic acids is 1. The average Bonchev–Trinajstić information content (AvgIpc) is 2.78. The Kier molecular flexibility index (Phi) is 11.9. The van der Waals surface area contributed by atoms with Crippen molar-refractivity contribution in [1.29, 1.82) is 0 Å². The lowest BCUT2D eigenvalue weighted by molar-refractivity contribution is -0.136. The Balaban J connectivity index is 0.00000256. The quantitative estimate of drug-likeness (QED) is 0.513. The zero-order valence-electron chi connectivity index (χ0n) is 18.1. The Morgan fingerprint density at radius 3 is 2.03 bits per heavy atom. The number of halogens is 2. The number of nitrogens with zero attached hydrogens (tertiary/aromatic N) is 2. The number of ether oxygens (including phenoxy) is 2. The Bertz CT molecular complexity index is 838. The lowest BCUT2D eigenvalue weighted by Gasteiger charge is -2.36. The van der Waals surface area contributed by atoms with Gasteiger partial charge >= 0.3 is 5.97 Å². The lowest BCUT2D eigenvalue weighted by Crippen LogP contribution is -2.47. The van der Waals surface area contributed by atoms with E-state index in [4.69, 9.17) is 14.6 Å². The fourth-order valence-electron chi connectivity index (χ4n) is 3.42. The van der Waals surface area contributed by atoms with Crippen LogP contribution in [0.5, 0.6) is 11.5 Å². The molecule has 1 fully saturated rings. The van der Waals surface area contributed by atoms with E-state index in [1.54, 1.807) is 31.4 Å².